The molecule has 0 radical (unpaired) electrons. The van der Waals surface area contributed by atoms with Crippen LogP contribution in [0.25, 0.3) is 33.7 Å². The maximum Gasteiger partial charge on any atom is 0.573 e. The molecule has 188 valence electrons. The van der Waals surface area contributed by atoms with Crippen molar-refractivity contribution in [1.82, 2.24) is 30.0 Å². The highest BCUT2D eigenvalue weighted by molar-refractivity contribution is 5.97. The highest BCUT2D eigenvalue weighted by atomic mass is 19.4. The number of pyridine rings is 1. The summed E-state index contributed by atoms with van der Waals surface area (Å²) < 4.78 is 58.4. The van der Waals surface area contributed by atoms with Gasteiger partial charge < -0.3 is 15.0 Å². The molecule has 0 aliphatic rings. The topological polar surface area (TPSA) is 97.7 Å². The normalized spacial score (nSPS) is 11.6. The fourth-order valence-electron chi connectivity index (χ4n) is 3.83. The second kappa shape index (κ2) is 9.37. The standard InChI is InChI=1S/C25H18F4N6O2/c1-35-13-16(12-32-35)22-33-21-17(8-9-30-23(21)34-22)14-6-7-15(19(26)10-14)11-31-24(36)18-4-2-3-5-20(18)37-25(27,28)29/h2-10,12-13H,11H2,1H3,(H,31,36)(H,30,33,34). The van der Waals surface area contributed by atoms with Gasteiger partial charge >= 0.3 is 6.36 Å². The number of aryl methyl sites for hydroxylation is 1. The Balaban J connectivity index is 1.36. The van der Waals surface area contributed by atoms with Gasteiger partial charge in [0.2, 0.25) is 0 Å². The van der Waals surface area contributed by atoms with Crippen LogP contribution in [0.1, 0.15) is 15.9 Å². The first-order chi connectivity index (χ1) is 17.7. The highest BCUT2D eigenvalue weighted by Crippen LogP contribution is 2.30. The molecular weight excluding hydrogens is 492 g/mol. The van der Waals surface area contributed by atoms with E-state index in [4.69, 9.17) is 0 Å². The lowest BCUT2D eigenvalue weighted by molar-refractivity contribution is -0.274. The quantitative estimate of drug-likeness (QED) is 0.314. The van der Waals surface area contributed by atoms with Gasteiger partial charge in [0.25, 0.3) is 5.91 Å². The van der Waals surface area contributed by atoms with Crippen molar-refractivity contribution in [2.24, 2.45) is 7.05 Å². The molecule has 0 unspecified atom stereocenters. The molecule has 3 aromatic heterocycles. The Kier molecular flexibility index (Phi) is 6.07. The average Bonchev–Trinajstić information content (AvgIpc) is 3.48. The van der Waals surface area contributed by atoms with Crippen LogP contribution in [-0.4, -0.2) is 37.0 Å². The molecule has 0 saturated heterocycles. The van der Waals surface area contributed by atoms with Crippen molar-refractivity contribution in [3.63, 3.8) is 0 Å². The molecule has 0 bridgehead atoms. The number of imidazole rings is 1. The van der Waals surface area contributed by atoms with Gasteiger partial charge in [-0.3, -0.25) is 9.48 Å². The third kappa shape index (κ3) is 5.13. The third-order valence-corrected chi connectivity index (χ3v) is 5.53. The summed E-state index contributed by atoms with van der Waals surface area (Å²) in [5.74, 6) is -1.51. The second-order valence-electron chi connectivity index (χ2n) is 8.08. The van der Waals surface area contributed by atoms with E-state index < -0.39 is 23.8 Å². The number of alkyl halides is 3. The van der Waals surface area contributed by atoms with Gasteiger partial charge in [-0.1, -0.05) is 24.3 Å². The fraction of sp³-hybridized carbons (Fsp3) is 0.120. The number of aromatic amines is 1. The summed E-state index contributed by atoms with van der Waals surface area (Å²) in [5, 5.41) is 6.57. The molecule has 1 amide bonds. The lowest BCUT2D eigenvalue weighted by Gasteiger charge is -2.13. The molecular formula is C25H18F4N6O2. The molecule has 8 nitrogen and oxygen atoms in total. The number of amides is 1. The van der Waals surface area contributed by atoms with Gasteiger partial charge in [-0.25, -0.2) is 14.4 Å². The van der Waals surface area contributed by atoms with Crippen LogP contribution < -0.4 is 10.1 Å². The molecule has 12 heteroatoms. The lowest BCUT2D eigenvalue weighted by Crippen LogP contribution is -2.25. The fourth-order valence-corrected chi connectivity index (χ4v) is 3.83. The van der Waals surface area contributed by atoms with E-state index in [2.05, 4.69) is 30.1 Å². The van der Waals surface area contributed by atoms with Crippen LogP contribution in [0.5, 0.6) is 5.75 Å². The first kappa shape index (κ1) is 24.0. The lowest BCUT2D eigenvalue weighted by atomic mass is 10.0. The van der Waals surface area contributed by atoms with Crippen molar-refractivity contribution in [2.75, 3.05) is 0 Å². The molecule has 37 heavy (non-hydrogen) atoms. The predicted octanol–water partition coefficient (Wildman–Crippen LogP) is 4.99. The highest BCUT2D eigenvalue weighted by Gasteiger charge is 2.32. The van der Waals surface area contributed by atoms with Crippen molar-refractivity contribution < 1.29 is 27.1 Å². The van der Waals surface area contributed by atoms with Gasteiger partial charge in [0.1, 0.15) is 17.4 Å². The molecule has 0 atom stereocenters. The zero-order valence-electron chi connectivity index (χ0n) is 19.2. The molecule has 0 aliphatic heterocycles. The zero-order valence-corrected chi connectivity index (χ0v) is 19.2. The van der Waals surface area contributed by atoms with Crippen molar-refractivity contribution in [2.45, 2.75) is 12.9 Å². The van der Waals surface area contributed by atoms with E-state index in [-0.39, 0.29) is 17.7 Å². The summed E-state index contributed by atoms with van der Waals surface area (Å²) in [4.78, 5) is 24.5. The molecule has 3 heterocycles. The Bertz CT molecular complexity index is 1610. The van der Waals surface area contributed by atoms with Gasteiger partial charge in [0, 0.05) is 37.1 Å². The van der Waals surface area contributed by atoms with Crippen LogP contribution >= 0.6 is 0 Å². The minimum absolute atomic E-state index is 0.150. The number of aromatic nitrogens is 5. The van der Waals surface area contributed by atoms with Gasteiger partial charge in [-0.05, 0) is 29.8 Å². The van der Waals surface area contributed by atoms with Gasteiger partial charge in [0.15, 0.2) is 5.65 Å². The minimum atomic E-state index is -4.95. The first-order valence-corrected chi connectivity index (χ1v) is 10.9. The molecule has 0 fully saturated rings. The average molecular weight is 510 g/mol. The van der Waals surface area contributed by atoms with E-state index in [1.54, 1.807) is 42.5 Å². The van der Waals surface area contributed by atoms with Crippen LogP contribution in [0, 0.1) is 5.82 Å². The number of hydrogen-bond acceptors (Lipinski definition) is 5. The van der Waals surface area contributed by atoms with Crippen molar-refractivity contribution in [1.29, 1.82) is 0 Å². The number of fused-ring (bicyclic) bond motifs is 1. The maximum absolute atomic E-state index is 15.0. The van der Waals surface area contributed by atoms with Crippen molar-refractivity contribution in [3.05, 3.63) is 84.1 Å². The van der Waals surface area contributed by atoms with E-state index in [9.17, 15) is 22.4 Å². The van der Waals surface area contributed by atoms with Crippen molar-refractivity contribution in [3.8, 4) is 28.3 Å². The number of hydrogen-bond donors (Lipinski definition) is 2. The Morgan fingerprint density at radius 3 is 2.68 bits per heavy atom. The minimum Gasteiger partial charge on any atom is -0.405 e. The van der Waals surface area contributed by atoms with Crippen LogP contribution in [0.15, 0.2) is 67.1 Å². The molecule has 0 spiro atoms. The number of para-hydroxylation sites is 1. The maximum atomic E-state index is 15.0. The number of nitrogens with one attached hydrogen (secondary N) is 2. The number of carbonyl (C=O) groups excluding carboxylic acids is 1. The third-order valence-electron chi connectivity index (χ3n) is 5.53. The largest absolute Gasteiger partial charge is 0.573 e. The number of nitrogens with zero attached hydrogens (tertiary/aromatic N) is 4. The van der Waals surface area contributed by atoms with Crippen LogP contribution in [-0.2, 0) is 13.6 Å². The van der Waals surface area contributed by atoms with E-state index in [1.807, 2.05) is 0 Å². The molecule has 0 saturated carbocycles. The van der Waals surface area contributed by atoms with Gasteiger partial charge in [-0.15, -0.1) is 13.2 Å². The summed E-state index contributed by atoms with van der Waals surface area (Å²) in [6.45, 7) is -0.244. The Morgan fingerprint density at radius 2 is 1.95 bits per heavy atom. The Labute approximate surface area is 206 Å². The SMILES string of the molecule is Cn1cc(-c2nc3nccc(-c4ccc(CNC(=O)c5ccccc5OC(F)(F)F)c(F)c4)c3[nH]2)cn1. The summed E-state index contributed by atoms with van der Waals surface area (Å²) in [6, 6.07) is 11.1. The number of halogens is 4. The molecule has 2 aromatic carbocycles. The first-order valence-electron chi connectivity index (χ1n) is 10.9. The molecule has 0 aliphatic carbocycles. The second-order valence-corrected chi connectivity index (χ2v) is 8.08. The number of carbonyl (C=O) groups is 1. The van der Waals surface area contributed by atoms with Gasteiger partial charge in [-0.2, -0.15) is 5.10 Å². The summed E-state index contributed by atoms with van der Waals surface area (Å²) in [7, 11) is 1.79. The zero-order chi connectivity index (χ0) is 26.2. The summed E-state index contributed by atoms with van der Waals surface area (Å²) >= 11 is 0. The smallest absolute Gasteiger partial charge is 0.405 e. The van der Waals surface area contributed by atoms with Crippen LogP contribution in [0.3, 0.4) is 0 Å². The summed E-state index contributed by atoms with van der Waals surface area (Å²) in [5.41, 5.74) is 2.88. The number of ether oxygens (including phenoxy) is 1. The number of benzene rings is 2. The molecule has 2 N–H and O–H groups in total. The van der Waals surface area contributed by atoms with Crippen molar-refractivity contribution >= 4 is 17.1 Å². The van der Waals surface area contributed by atoms with E-state index in [0.29, 0.717) is 28.1 Å². The predicted molar refractivity (Wildman–Crippen MR) is 126 cm³/mol. The van der Waals surface area contributed by atoms with Crippen LogP contribution in [0.4, 0.5) is 17.6 Å². The molecule has 5 rings (SSSR count). The Hall–Kier alpha value is -4.74. The number of rotatable bonds is 6. The number of H-pyrrole nitrogens is 1. The van der Waals surface area contributed by atoms with E-state index >= 15 is 0 Å². The van der Waals surface area contributed by atoms with Gasteiger partial charge in [0.05, 0.1) is 22.8 Å². The Morgan fingerprint density at radius 1 is 1.14 bits per heavy atom. The van der Waals surface area contributed by atoms with Crippen LogP contribution in [0.2, 0.25) is 0 Å². The molecule has 5 aromatic rings. The summed E-state index contributed by atoms with van der Waals surface area (Å²) in [6.07, 6.45) is 0.0731. The monoisotopic (exact) mass is 510 g/mol. The van der Waals surface area contributed by atoms with E-state index in [1.165, 1.54) is 30.3 Å². The van der Waals surface area contributed by atoms with E-state index in [0.717, 1.165) is 11.6 Å².